The van der Waals surface area contributed by atoms with E-state index in [0.29, 0.717) is 12.2 Å². The molecular formula is C17H22NO3+. The molecule has 2 rings (SSSR count). The zero-order chi connectivity index (χ0) is 15.7. The minimum Gasteiger partial charge on any atom is -0.423 e. The number of quaternary nitrogens is 1. The number of terminal acetylenes is 1. The first-order valence-electron chi connectivity index (χ1n) is 6.73. The fourth-order valence-corrected chi connectivity index (χ4v) is 1.48. The first-order chi connectivity index (χ1) is 9.92. The van der Waals surface area contributed by atoms with Gasteiger partial charge in [0.05, 0.1) is 27.7 Å². The number of likely N-dealkylation sites (N-methyl/N-ethyl adjacent to an activating group) is 1. The average molecular weight is 288 g/mol. The quantitative estimate of drug-likeness (QED) is 0.374. The van der Waals surface area contributed by atoms with Gasteiger partial charge in [0.15, 0.2) is 0 Å². The van der Waals surface area contributed by atoms with E-state index in [1.165, 1.54) is 6.07 Å². The minimum absolute atomic E-state index is 0.302. The molecule has 0 amide bonds. The summed E-state index contributed by atoms with van der Waals surface area (Å²) in [5, 5.41) is 0.951. The molecule has 4 heteroatoms. The third-order valence-electron chi connectivity index (χ3n) is 2.62. The number of fused-ring (bicyclic) bond motifs is 1. The maximum atomic E-state index is 10.7. The van der Waals surface area contributed by atoms with Crippen LogP contribution in [0.4, 0.5) is 0 Å². The van der Waals surface area contributed by atoms with Gasteiger partial charge in [-0.2, -0.15) is 0 Å². The largest absolute Gasteiger partial charge is 0.423 e. The molecule has 0 radical (unpaired) electrons. The summed E-state index contributed by atoms with van der Waals surface area (Å²) in [6.45, 7) is 2.18. The summed E-state index contributed by atoms with van der Waals surface area (Å²) in [5.41, 5.74) is 0.337. The van der Waals surface area contributed by atoms with Crippen LogP contribution in [0.25, 0.3) is 11.0 Å². The number of rotatable bonds is 4. The van der Waals surface area contributed by atoms with E-state index in [1.807, 2.05) is 18.2 Å². The maximum absolute atomic E-state index is 10.7. The van der Waals surface area contributed by atoms with Crippen LogP contribution in [-0.4, -0.2) is 45.4 Å². The molecule has 1 heterocycles. The number of ether oxygens (including phenoxy) is 1. The first kappa shape index (κ1) is 17.0. The third-order valence-corrected chi connectivity index (χ3v) is 2.62. The van der Waals surface area contributed by atoms with Gasteiger partial charge in [-0.25, -0.2) is 4.79 Å². The Labute approximate surface area is 125 Å². The summed E-state index contributed by atoms with van der Waals surface area (Å²) in [6.07, 6.45) is 5.00. The van der Waals surface area contributed by atoms with Gasteiger partial charge in [0, 0.05) is 11.5 Å². The van der Waals surface area contributed by atoms with Crippen LogP contribution in [0.3, 0.4) is 0 Å². The lowest BCUT2D eigenvalue weighted by Gasteiger charge is -2.23. The predicted octanol–water partition coefficient (Wildman–Crippen LogP) is 2.14. The molecule has 2 aromatic rings. The van der Waals surface area contributed by atoms with Crippen LogP contribution in [-0.2, 0) is 4.74 Å². The van der Waals surface area contributed by atoms with Crippen molar-refractivity contribution in [1.29, 1.82) is 0 Å². The fourth-order valence-electron chi connectivity index (χ4n) is 1.48. The van der Waals surface area contributed by atoms with Crippen molar-refractivity contribution in [1.82, 2.24) is 0 Å². The monoisotopic (exact) mass is 288 g/mol. The van der Waals surface area contributed by atoms with Crippen LogP contribution in [0, 0.1) is 12.3 Å². The lowest BCUT2D eigenvalue weighted by Crippen LogP contribution is -2.37. The number of hydrogen-bond acceptors (Lipinski definition) is 3. The lowest BCUT2D eigenvalue weighted by molar-refractivity contribution is -0.870. The van der Waals surface area contributed by atoms with Crippen molar-refractivity contribution in [3.05, 3.63) is 46.8 Å². The minimum atomic E-state index is -0.302. The molecule has 1 aromatic carbocycles. The molecule has 21 heavy (non-hydrogen) atoms. The van der Waals surface area contributed by atoms with Gasteiger partial charge in [-0.05, 0) is 12.1 Å². The second-order valence-electron chi connectivity index (χ2n) is 5.56. The summed E-state index contributed by atoms with van der Waals surface area (Å²) < 4.78 is 10.9. The van der Waals surface area contributed by atoms with Crippen molar-refractivity contribution in [3.8, 4) is 12.3 Å². The lowest BCUT2D eigenvalue weighted by atomic mass is 10.2. The molecular weight excluding hydrogens is 266 g/mol. The average Bonchev–Trinajstić information content (AvgIpc) is 2.43. The van der Waals surface area contributed by atoms with Gasteiger partial charge >= 0.3 is 5.63 Å². The molecule has 0 aliphatic rings. The highest BCUT2D eigenvalue weighted by atomic mass is 16.5. The SMILES string of the molecule is C#CCOCC[N+](C)(C)C.O=c1ccc2ccccc2o1. The van der Waals surface area contributed by atoms with Crippen LogP contribution in [0.5, 0.6) is 0 Å². The van der Waals surface area contributed by atoms with Crippen molar-refractivity contribution in [2.45, 2.75) is 0 Å². The van der Waals surface area contributed by atoms with Crippen LogP contribution in [0.15, 0.2) is 45.6 Å². The summed E-state index contributed by atoms with van der Waals surface area (Å²) >= 11 is 0. The molecule has 0 bridgehead atoms. The molecule has 0 N–H and O–H groups in total. The van der Waals surface area contributed by atoms with E-state index in [-0.39, 0.29) is 5.63 Å². The molecule has 0 aliphatic heterocycles. The maximum Gasteiger partial charge on any atom is 0.336 e. The van der Waals surface area contributed by atoms with E-state index < -0.39 is 0 Å². The second kappa shape index (κ2) is 8.25. The van der Waals surface area contributed by atoms with E-state index in [9.17, 15) is 4.79 Å². The molecule has 0 saturated carbocycles. The molecule has 0 fully saturated rings. The summed E-state index contributed by atoms with van der Waals surface area (Å²) in [7, 11) is 6.37. The van der Waals surface area contributed by atoms with Crippen molar-refractivity contribution in [3.63, 3.8) is 0 Å². The molecule has 112 valence electrons. The van der Waals surface area contributed by atoms with Crippen molar-refractivity contribution < 1.29 is 13.6 Å². The molecule has 1 aromatic heterocycles. The van der Waals surface area contributed by atoms with Crippen molar-refractivity contribution in [2.24, 2.45) is 0 Å². The van der Waals surface area contributed by atoms with Gasteiger partial charge in [-0.15, -0.1) is 6.42 Å². The van der Waals surface area contributed by atoms with E-state index in [1.54, 1.807) is 12.1 Å². The topological polar surface area (TPSA) is 39.4 Å². The highest BCUT2D eigenvalue weighted by Gasteiger charge is 2.04. The molecule has 4 nitrogen and oxygen atoms in total. The first-order valence-corrected chi connectivity index (χ1v) is 6.73. The van der Waals surface area contributed by atoms with Crippen LogP contribution >= 0.6 is 0 Å². The third kappa shape index (κ3) is 7.31. The predicted molar refractivity (Wildman–Crippen MR) is 85.0 cm³/mol. The van der Waals surface area contributed by atoms with E-state index in [4.69, 9.17) is 15.6 Å². The Morgan fingerprint density at radius 1 is 1.19 bits per heavy atom. The molecule has 0 saturated heterocycles. The summed E-state index contributed by atoms with van der Waals surface area (Å²) in [5.74, 6) is 2.42. The summed E-state index contributed by atoms with van der Waals surface area (Å²) in [6, 6.07) is 10.6. The highest BCUT2D eigenvalue weighted by Crippen LogP contribution is 2.08. The number of benzene rings is 1. The smallest absolute Gasteiger partial charge is 0.336 e. The van der Waals surface area contributed by atoms with Crippen molar-refractivity contribution >= 4 is 11.0 Å². The number of para-hydroxylation sites is 1. The Balaban J connectivity index is 0.000000212. The Kier molecular flexibility index (Phi) is 6.67. The number of nitrogens with zero attached hydrogens (tertiary/aromatic N) is 1. The zero-order valence-electron chi connectivity index (χ0n) is 12.8. The highest BCUT2D eigenvalue weighted by molar-refractivity contribution is 5.75. The van der Waals surface area contributed by atoms with E-state index >= 15 is 0 Å². The standard InChI is InChI=1S/C9H6O2.C8H16NO/c10-9-6-5-7-3-1-2-4-8(7)11-9;1-5-7-10-8-6-9(2,3)4/h1-6H;1H,6-8H2,2-4H3/q;+1. The van der Waals surface area contributed by atoms with Gasteiger partial charge in [0.25, 0.3) is 0 Å². The molecule has 0 spiro atoms. The van der Waals surface area contributed by atoms with Crippen molar-refractivity contribution in [2.75, 3.05) is 40.9 Å². The number of hydrogen-bond donors (Lipinski definition) is 0. The Morgan fingerprint density at radius 3 is 2.57 bits per heavy atom. The normalized spacial score (nSPS) is 10.6. The second-order valence-corrected chi connectivity index (χ2v) is 5.56. The van der Waals surface area contributed by atoms with E-state index in [0.717, 1.165) is 23.0 Å². The van der Waals surface area contributed by atoms with Crippen LogP contribution in [0.2, 0.25) is 0 Å². The molecule has 0 aliphatic carbocycles. The Hall–Kier alpha value is -2.09. The zero-order valence-corrected chi connectivity index (χ0v) is 12.8. The van der Waals surface area contributed by atoms with E-state index in [2.05, 4.69) is 27.1 Å². The van der Waals surface area contributed by atoms with Gasteiger partial charge in [0.1, 0.15) is 18.7 Å². The van der Waals surface area contributed by atoms with Crippen LogP contribution in [0.1, 0.15) is 0 Å². The van der Waals surface area contributed by atoms with Gasteiger partial charge in [-0.1, -0.05) is 24.1 Å². The Bertz CT molecular complexity index is 647. The van der Waals surface area contributed by atoms with Gasteiger partial charge in [-0.3, -0.25) is 0 Å². The van der Waals surface area contributed by atoms with Gasteiger partial charge in [0.2, 0.25) is 0 Å². The fraction of sp³-hybridized carbons (Fsp3) is 0.353. The Morgan fingerprint density at radius 2 is 1.90 bits per heavy atom. The summed E-state index contributed by atoms with van der Waals surface area (Å²) in [4.78, 5) is 10.7. The molecule has 0 atom stereocenters. The van der Waals surface area contributed by atoms with Crippen LogP contribution < -0.4 is 5.63 Å². The molecule has 0 unspecified atom stereocenters. The van der Waals surface area contributed by atoms with Gasteiger partial charge < -0.3 is 13.6 Å².